The monoisotopic (exact) mass is 211 g/mol. The second kappa shape index (κ2) is 4.43. The number of aryl methyl sites for hydroxylation is 1. The fourth-order valence-electron chi connectivity index (χ4n) is 1.84. The molecule has 1 saturated carbocycles. The van der Waals surface area contributed by atoms with E-state index in [1.165, 1.54) is 10.4 Å². The molecule has 14 heavy (non-hydrogen) atoms. The van der Waals surface area contributed by atoms with Crippen LogP contribution in [0.3, 0.4) is 0 Å². The van der Waals surface area contributed by atoms with Gasteiger partial charge in [-0.1, -0.05) is 0 Å². The molecule has 1 heterocycles. The molecule has 2 rings (SSSR count). The molecule has 1 fully saturated rings. The second-order valence-corrected chi connectivity index (χ2v) is 5.15. The highest BCUT2D eigenvalue weighted by Crippen LogP contribution is 2.26. The quantitative estimate of drug-likeness (QED) is 0.797. The van der Waals surface area contributed by atoms with Crippen molar-refractivity contribution in [3.63, 3.8) is 0 Å². The Kier molecular flexibility index (Phi) is 3.21. The molecule has 0 aliphatic heterocycles. The Morgan fingerprint density at radius 2 is 2.36 bits per heavy atom. The molecule has 1 aliphatic carbocycles. The van der Waals surface area contributed by atoms with Crippen molar-refractivity contribution in [2.45, 2.75) is 32.4 Å². The van der Waals surface area contributed by atoms with Crippen LogP contribution in [0.5, 0.6) is 0 Å². The van der Waals surface area contributed by atoms with Crippen molar-refractivity contribution < 1.29 is 5.11 Å². The molecule has 0 atom stereocenters. The summed E-state index contributed by atoms with van der Waals surface area (Å²) < 4.78 is 0. The summed E-state index contributed by atoms with van der Waals surface area (Å²) in [5.41, 5.74) is 1.39. The van der Waals surface area contributed by atoms with Gasteiger partial charge in [-0.15, -0.1) is 11.3 Å². The molecule has 2 N–H and O–H groups in total. The molecule has 1 aromatic heterocycles. The third-order valence-corrected chi connectivity index (χ3v) is 3.92. The van der Waals surface area contributed by atoms with E-state index in [-0.39, 0.29) is 6.10 Å². The zero-order chi connectivity index (χ0) is 9.97. The van der Waals surface area contributed by atoms with Crippen molar-refractivity contribution in [2.24, 2.45) is 5.92 Å². The second-order valence-electron chi connectivity index (χ2n) is 4.15. The highest BCUT2D eigenvalue weighted by atomic mass is 32.1. The lowest BCUT2D eigenvalue weighted by Crippen LogP contribution is -2.35. The van der Waals surface area contributed by atoms with E-state index in [0.29, 0.717) is 5.92 Å². The number of aliphatic hydroxyl groups excluding tert-OH is 1. The molecular weight excluding hydrogens is 194 g/mol. The van der Waals surface area contributed by atoms with E-state index in [0.717, 1.165) is 25.9 Å². The minimum absolute atomic E-state index is 0.0229. The van der Waals surface area contributed by atoms with Gasteiger partial charge in [0.15, 0.2) is 0 Å². The molecular formula is C11H17NOS. The van der Waals surface area contributed by atoms with Gasteiger partial charge >= 0.3 is 0 Å². The molecule has 3 heteroatoms. The van der Waals surface area contributed by atoms with Crippen LogP contribution in [0.1, 0.15) is 23.3 Å². The summed E-state index contributed by atoms with van der Waals surface area (Å²) in [4.78, 5) is 1.44. The summed E-state index contributed by atoms with van der Waals surface area (Å²) in [6.45, 7) is 4.19. The summed E-state index contributed by atoms with van der Waals surface area (Å²) in [6.07, 6.45) is 1.94. The first-order chi connectivity index (χ1) is 6.75. The number of rotatable bonds is 4. The normalized spacial score (nSPS) is 26.1. The molecule has 2 nitrogen and oxygen atoms in total. The topological polar surface area (TPSA) is 32.3 Å². The van der Waals surface area contributed by atoms with Crippen molar-refractivity contribution in [2.75, 3.05) is 6.54 Å². The van der Waals surface area contributed by atoms with Crippen LogP contribution >= 0.6 is 11.3 Å². The van der Waals surface area contributed by atoms with E-state index in [1.807, 2.05) is 11.3 Å². The molecule has 78 valence electrons. The SMILES string of the molecule is Cc1ccsc1CNCC1CC(O)C1. The van der Waals surface area contributed by atoms with Gasteiger partial charge < -0.3 is 10.4 Å². The Labute approximate surface area is 89.0 Å². The van der Waals surface area contributed by atoms with Gasteiger partial charge in [-0.2, -0.15) is 0 Å². The Hall–Kier alpha value is -0.380. The molecule has 0 unspecified atom stereocenters. The van der Waals surface area contributed by atoms with E-state index in [1.54, 1.807) is 0 Å². The summed E-state index contributed by atoms with van der Waals surface area (Å²) in [5.74, 6) is 0.699. The van der Waals surface area contributed by atoms with Crippen LogP contribution in [-0.4, -0.2) is 17.8 Å². The minimum atomic E-state index is -0.0229. The first-order valence-corrected chi connectivity index (χ1v) is 6.05. The summed E-state index contributed by atoms with van der Waals surface area (Å²) in [6, 6.07) is 2.16. The predicted molar refractivity (Wildman–Crippen MR) is 59.5 cm³/mol. The fourth-order valence-corrected chi connectivity index (χ4v) is 2.72. The maximum atomic E-state index is 9.12. The van der Waals surface area contributed by atoms with Gasteiger partial charge in [0.05, 0.1) is 6.10 Å². The molecule has 0 bridgehead atoms. The zero-order valence-electron chi connectivity index (χ0n) is 8.49. The summed E-state index contributed by atoms with van der Waals surface area (Å²) >= 11 is 1.82. The molecule has 0 amide bonds. The van der Waals surface area contributed by atoms with Crippen molar-refractivity contribution in [1.82, 2.24) is 5.32 Å². The van der Waals surface area contributed by atoms with Crippen LogP contribution < -0.4 is 5.32 Å². The number of hydrogen-bond donors (Lipinski definition) is 2. The summed E-state index contributed by atoms with van der Waals surface area (Å²) in [5, 5.41) is 14.7. The minimum Gasteiger partial charge on any atom is -0.393 e. The molecule has 0 spiro atoms. The largest absolute Gasteiger partial charge is 0.393 e. The van der Waals surface area contributed by atoms with E-state index in [9.17, 15) is 0 Å². The Morgan fingerprint density at radius 3 is 2.93 bits per heavy atom. The number of nitrogens with one attached hydrogen (secondary N) is 1. The molecule has 0 aromatic carbocycles. The Morgan fingerprint density at radius 1 is 1.57 bits per heavy atom. The van der Waals surface area contributed by atoms with E-state index < -0.39 is 0 Å². The maximum Gasteiger partial charge on any atom is 0.0546 e. The van der Waals surface area contributed by atoms with Gasteiger partial charge in [-0.25, -0.2) is 0 Å². The number of hydrogen-bond acceptors (Lipinski definition) is 3. The average molecular weight is 211 g/mol. The Balaban J connectivity index is 1.66. The Bertz CT molecular complexity index is 291. The van der Waals surface area contributed by atoms with Crippen LogP contribution in [0.15, 0.2) is 11.4 Å². The maximum absolute atomic E-state index is 9.12. The lowest BCUT2D eigenvalue weighted by atomic mass is 9.82. The van der Waals surface area contributed by atoms with Gasteiger partial charge in [0.2, 0.25) is 0 Å². The number of aliphatic hydroxyl groups is 1. The van der Waals surface area contributed by atoms with Gasteiger partial charge in [0.1, 0.15) is 0 Å². The van der Waals surface area contributed by atoms with Crippen LogP contribution in [0.4, 0.5) is 0 Å². The average Bonchev–Trinajstić information content (AvgIpc) is 2.49. The molecule has 1 aromatic rings. The molecule has 1 aliphatic rings. The van der Waals surface area contributed by atoms with Crippen LogP contribution in [0.25, 0.3) is 0 Å². The molecule has 0 saturated heterocycles. The first kappa shape index (κ1) is 10.1. The molecule has 0 radical (unpaired) electrons. The van der Waals surface area contributed by atoms with Crippen molar-refractivity contribution in [1.29, 1.82) is 0 Å². The van der Waals surface area contributed by atoms with Gasteiger partial charge in [-0.3, -0.25) is 0 Å². The highest BCUT2D eigenvalue weighted by Gasteiger charge is 2.26. The van der Waals surface area contributed by atoms with Gasteiger partial charge in [0, 0.05) is 11.4 Å². The lowest BCUT2D eigenvalue weighted by Gasteiger charge is -2.31. The third kappa shape index (κ3) is 2.35. The smallest absolute Gasteiger partial charge is 0.0546 e. The highest BCUT2D eigenvalue weighted by molar-refractivity contribution is 7.10. The van der Waals surface area contributed by atoms with Crippen LogP contribution in [0.2, 0.25) is 0 Å². The predicted octanol–water partition coefficient (Wildman–Crippen LogP) is 1.92. The van der Waals surface area contributed by atoms with Crippen LogP contribution in [0, 0.1) is 12.8 Å². The standard InChI is InChI=1S/C11H17NOS/c1-8-2-3-14-11(8)7-12-6-9-4-10(13)5-9/h2-3,9-10,12-13H,4-7H2,1H3. The first-order valence-electron chi connectivity index (χ1n) is 5.17. The zero-order valence-corrected chi connectivity index (χ0v) is 9.31. The van der Waals surface area contributed by atoms with Crippen molar-refractivity contribution >= 4 is 11.3 Å². The van der Waals surface area contributed by atoms with Gasteiger partial charge in [-0.05, 0) is 49.2 Å². The van der Waals surface area contributed by atoms with Crippen molar-refractivity contribution in [3.05, 3.63) is 21.9 Å². The lowest BCUT2D eigenvalue weighted by molar-refractivity contribution is 0.0430. The van der Waals surface area contributed by atoms with Crippen molar-refractivity contribution in [3.8, 4) is 0 Å². The third-order valence-electron chi connectivity index (χ3n) is 2.90. The van der Waals surface area contributed by atoms with E-state index >= 15 is 0 Å². The van der Waals surface area contributed by atoms with Gasteiger partial charge in [0.25, 0.3) is 0 Å². The summed E-state index contributed by atoms with van der Waals surface area (Å²) in [7, 11) is 0. The van der Waals surface area contributed by atoms with Crippen LogP contribution in [-0.2, 0) is 6.54 Å². The fraction of sp³-hybridized carbons (Fsp3) is 0.636. The van der Waals surface area contributed by atoms with E-state index in [4.69, 9.17) is 5.11 Å². The van der Waals surface area contributed by atoms with E-state index in [2.05, 4.69) is 23.7 Å². The number of thiophene rings is 1.